The molecule has 0 saturated heterocycles. The molecule has 0 saturated carbocycles. The lowest BCUT2D eigenvalue weighted by Crippen LogP contribution is -2.43. The summed E-state index contributed by atoms with van der Waals surface area (Å²) >= 11 is 0. The van der Waals surface area contributed by atoms with Crippen molar-refractivity contribution in [1.82, 2.24) is 0 Å². The zero-order chi connectivity index (χ0) is 14.7. The van der Waals surface area contributed by atoms with E-state index in [1.807, 2.05) is 0 Å². The van der Waals surface area contributed by atoms with Gasteiger partial charge in [-0.3, -0.25) is 8.37 Å². The SMILES string of the molecule is CS(=O)(=O)O[C@H]1[C@H](N=[N+]=[N-])C=CC[C@H]1OS(C)(=O)=O. The molecule has 0 aromatic rings. The quantitative estimate of drug-likeness (QED) is 0.236. The molecule has 0 N–H and O–H groups in total. The van der Waals surface area contributed by atoms with E-state index >= 15 is 0 Å². The molecular formula is C8H13N3O6S2. The first-order chi connectivity index (χ1) is 8.62. The Morgan fingerprint density at radius 2 is 1.79 bits per heavy atom. The van der Waals surface area contributed by atoms with E-state index < -0.39 is 38.5 Å². The summed E-state index contributed by atoms with van der Waals surface area (Å²) in [6, 6.07) is -0.958. The standard InChI is InChI=1S/C8H13N3O6S2/c1-18(12,13)16-7-5-3-4-6(10-11-9)8(7)17-19(2,14)15/h3-4,6-8H,5H2,1-2H3/t6-,7-,8+/m1/s1. The van der Waals surface area contributed by atoms with E-state index in [0.717, 1.165) is 12.5 Å². The van der Waals surface area contributed by atoms with Gasteiger partial charge < -0.3 is 0 Å². The second-order valence-electron chi connectivity index (χ2n) is 3.96. The summed E-state index contributed by atoms with van der Waals surface area (Å²) in [6.07, 6.45) is 2.48. The van der Waals surface area contributed by atoms with Gasteiger partial charge in [0.15, 0.2) is 0 Å². The average Bonchev–Trinajstić information content (AvgIpc) is 2.19. The molecule has 3 atom stereocenters. The van der Waals surface area contributed by atoms with Gasteiger partial charge in [-0.15, -0.1) is 0 Å². The molecule has 1 rings (SSSR count). The van der Waals surface area contributed by atoms with E-state index in [1.54, 1.807) is 0 Å². The van der Waals surface area contributed by atoms with Gasteiger partial charge in [-0.25, -0.2) is 0 Å². The monoisotopic (exact) mass is 311 g/mol. The molecule has 0 spiro atoms. The van der Waals surface area contributed by atoms with Gasteiger partial charge in [0, 0.05) is 4.91 Å². The molecule has 0 aliphatic heterocycles. The van der Waals surface area contributed by atoms with Crippen LogP contribution in [-0.4, -0.2) is 47.6 Å². The van der Waals surface area contributed by atoms with Crippen LogP contribution in [0.25, 0.3) is 10.4 Å². The molecule has 1 aliphatic carbocycles. The average molecular weight is 311 g/mol. The van der Waals surface area contributed by atoms with E-state index in [1.165, 1.54) is 12.2 Å². The van der Waals surface area contributed by atoms with Crippen LogP contribution in [0.3, 0.4) is 0 Å². The molecule has 0 radical (unpaired) electrons. The molecule has 0 fully saturated rings. The van der Waals surface area contributed by atoms with Crippen LogP contribution < -0.4 is 0 Å². The topological polar surface area (TPSA) is 136 Å². The Bertz CT molecular complexity index is 604. The van der Waals surface area contributed by atoms with Gasteiger partial charge in [-0.2, -0.15) is 16.8 Å². The first-order valence-electron chi connectivity index (χ1n) is 5.10. The lowest BCUT2D eigenvalue weighted by Gasteiger charge is -2.30. The van der Waals surface area contributed by atoms with Crippen molar-refractivity contribution in [3.8, 4) is 0 Å². The van der Waals surface area contributed by atoms with Gasteiger partial charge >= 0.3 is 0 Å². The normalized spacial score (nSPS) is 27.8. The molecule has 0 aromatic heterocycles. The summed E-state index contributed by atoms with van der Waals surface area (Å²) in [5, 5.41) is 3.36. The van der Waals surface area contributed by atoms with Crippen molar-refractivity contribution in [1.29, 1.82) is 0 Å². The maximum absolute atomic E-state index is 11.2. The molecule has 0 bridgehead atoms. The molecule has 0 amide bonds. The smallest absolute Gasteiger partial charge is 0.264 e. The predicted molar refractivity (Wildman–Crippen MR) is 66.1 cm³/mol. The van der Waals surface area contributed by atoms with E-state index in [2.05, 4.69) is 10.0 Å². The molecule has 108 valence electrons. The van der Waals surface area contributed by atoms with E-state index in [-0.39, 0.29) is 6.42 Å². The molecule has 1 aliphatic rings. The highest BCUT2D eigenvalue weighted by molar-refractivity contribution is 7.86. The van der Waals surface area contributed by atoms with Crippen LogP contribution in [-0.2, 0) is 28.6 Å². The Balaban J connectivity index is 3.07. The van der Waals surface area contributed by atoms with Gasteiger partial charge in [0.2, 0.25) is 0 Å². The Kier molecular flexibility index (Phi) is 4.93. The van der Waals surface area contributed by atoms with Crippen LogP contribution in [0.15, 0.2) is 17.3 Å². The highest BCUT2D eigenvalue weighted by atomic mass is 32.2. The zero-order valence-corrected chi connectivity index (χ0v) is 11.8. The van der Waals surface area contributed by atoms with Crippen molar-refractivity contribution < 1.29 is 25.2 Å². The number of azide groups is 1. The second kappa shape index (κ2) is 5.88. The van der Waals surface area contributed by atoms with Gasteiger partial charge in [0.1, 0.15) is 12.2 Å². The second-order valence-corrected chi connectivity index (χ2v) is 7.16. The van der Waals surface area contributed by atoms with Gasteiger partial charge in [-0.05, 0) is 12.0 Å². The number of rotatable bonds is 5. The third kappa shape index (κ3) is 5.57. The summed E-state index contributed by atoms with van der Waals surface area (Å²) in [5.74, 6) is 0. The maximum atomic E-state index is 11.2. The molecule has 19 heavy (non-hydrogen) atoms. The van der Waals surface area contributed by atoms with Crippen molar-refractivity contribution in [3.63, 3.8) is 0 Å². The van der Waals surface area contributed by atoms with E-state index in [0.29, 0.717) is 0 Å². The Hall–Kier alpha value is -1.13. The van der Waals surface area contributed by atoms with Crippen LogP contribution in [0.4, 0.5) is 0 Å². The lowest BCUT2D eigenvalue weighted by atomic mass is 9.97. The molecule has 9 nitrogen and oxygen atoms in total. The predicted octanol–water partition coefficient (Wildman–Crippen LogP) is 0.315. The van der Waals surface area contributed by atoms with Gasteiger partial charge in [-0.1, -0.05) is 17.3 Å². The summed E-state index contributed by atoms with van der Waals surface area (Å²) in [4.78, 5) is 2.56. The Morgan fingerprint density at radius 3 is 2.26 bits per heavy atom. The fourth-order valence-electron chi connectivity index (χ4n) is 1.62. The van der Waals surface area contributed by atoms with Crippen molar-refractivity contribution in [2.24, 2.45) is 5.11 Å². The lowest BCUT2D eigenvalue weighted by molar-refractivity contribution is 0.0526. The highest BCUT2D eigenvalue weighted by Gasteiger charge is 2.36. The largest absolute Gasteiger partial charge is 0.264 e. The van der Waals surface area contributed by atoms with E-state index in [9.17, 15) is 16.8 Å². The number of nitrogens with zero attached hydrogens (tertiary/aromatic N) is 3. The van der Waals surface area contributed by atoms with Crippen molar-refractivity contribution >= 4 is 20.2 Å². The third-order valence-corrected chi connectivity index (χ3v) is 3.34. The van der Waals surface area contributed by atoms with Crippen molar-refractivity contribution in [2.45, 2.75) is 24.7 Å². The van der Waals surface area contributed by atoms with Crippen LogP contribution in [0.1, 0.15) is 6.42 Å². The Morgan fingerprint density at radius 1 is 1.21 bits per heavy atom. The zero-order valence-electron chi connectivity index (χ0n) is 10.2. The van der Waals surface area contributed by atoms with Crippen LogP contribution in [0.5, 0.6) is 0 Å². The minimum atomic E-state index is -3.86. The fraction of sp³-hybridized carbons (Fsp3) is 0.750. The van der Waals surface area contributed by atoms with E-state index in [4.69, 9.17) is 13.9 Å². The summed E-state index contributed by atoms with van der Waals surface area (Å²) in [5.41, 5.74) is 8.41. The van der Waals surface area contributed by atoms with Crippen molar-refractivity contribution in [3.05, 3.63) is 22.6 Å². The molecule has 0 unspecified atom stereocenters. The van der Waals surface area contributed by atoms with Crippen LogP contribution >= 0.6 is 0 Å². The first kappa shape index (κ1) is 15.9. The van der Waals surface area contributed by atoms with Crippen LogP contribution in [0.2, 0.25) is 0 Å². The summed E-state index contributed by atoms with van der Waals surface area (Å²) < 4.78 is 54.1. The van der Waals surface area contributed by atoms with Gasteiger partial charge in [0.25, 0.3) is 20.2 Å². The molecule has 0 heterocycles. The van der Waals surface area contributed by atoms with Crippen LogP contribution in [0, 0.1) is 0 Å². The molecule has 0 aromatic carbocycles. The maximum Gasteiger partial charge on any atom is 0.264 e. The minimum Gasteiger partial charge on any atom is -0.264 e. The number of hydrogen-bond donors (Lipinski definition) is 0. The summed E-state index contributed by atoms with van der Waals surface area (Å²) in [7, 11) is -7.65. The Labute approximate surface area is 111 Å². The highest BCUT2D eigenvalue weighted by Crippen LogP contribution is 2.24. The minimum absolute atomic E-state index is 0.130. The van der Waals surface area contributed by atoms with Gasteiger partial charge in [0.05, 0.1) is 18.6 Å². The number of hydrogen-bond acceptors (Lipinski definition) is 7. The molecular weight excluding hydrogens is 298 g/mol. The molecule has 11 heteroatoms. The third-order valence-electron chi connectivity index (χ3n) is 2.17. The first-order valence-corrected chi connectivity index (χ1v) is 8.73. The fourth-order valence-corrected chi connectivity index (χ4v) is 2.90. The van der Waals surface area contributed by atoms with Crippen molar-refractivity contribution in [2.75, 3.05) is 12.5 Å². The summed E-state index contributed by atoms with van der Waals surface area (Å²) in [6.45, 7) is 0.